The van der Waals surface area contributed by atoms with Crippen LogP contribution in [0.5, 0.6) is 0 Å². The first kappa shape index (κ1) is 17.8. The number of hydrogen-bond donors (Lipinski definition) is 0. The number of aryl methyl sites for hydroxylation is 1. The van der Waals surface area contributed by atoms with E-state index < -0.39 is 10.9 Å². The van der Waals surface area contributed by atoms with E-state index in [1.54, 1.807) is 6.07 Å². The summed E-state index contributed by atoms with van der Waals surface area (Å²) >= 11 is 2.63. The van der Waals surface area contributed by atoms with Crippen molar-refractivity contribution in [2.45, 2.75) is 35.1 Å². The minimum absolute atomic E-state index is 0.0816. The van der Waals surface area contributed by atoms with Crippen molar-refractivity contribution in [3.05, 3.63) is 45.0 Å². The average molecular weight is 380 g/mol. The molecule has 0 aliphatic carbocycles. The molecule has 1 fully saturated rings. The monoisotopic (exact) mass is 380 g/mol. The van der Waals surface area contributed by atoms with Gasteiger partial charge in [-0.1, -0.05) is 11.8 Å². The maximum absolute atomic E-state index is 12.1. The third kappa shape index (κ3) is 4.56. The van der Waals surface area contributed by atoms with Crippen molar-refractivity contribution in [3.8, 4) is 0 Å². The Morgan fingerprint density at radius 2 is 2.40 bits per heavy atom. The van der Waals surface area contributed by atoms with Gasteiger partial charge in [-0.15, -0.1) is 11.3 Å². The molecule has 9 heteroatoms. The lowest BCUT2D eigenvalue weighted by atomic mass is 10.2. The molecule has 2 heterocycles. The normalized spacial score (nSPS) is 16.8. The highest BCUT2D eigenvalue weighted by molar-refractivity contribution is 8.01. The van der Waals surface area contributed by atoms with E-state index >= 15 is 0 Å². The first-order chi connectivity index (χ1) is 12.0. The number of benzene rings is 1. The van der Waals surface area contributed by atoms with Gasteiger partial charge in [0.2, 0.25) is 0 Å². The Kier molecular flexibility index (Phi) is 5.67. The van der Waals surface area contributed by atoms with E-state index in [9.17, 15) is 14.9 Å². The summed E-state index contributed by atoms with van der Waals surface area (Å²) in [6.07, 6.45) is 1.73. The molecule has 1 atom stereocenters. The molecule has 0 N–H and O–H groups in total. The Morgan fingerprint density at radius 1 is 1.56 bits per heavy atom. The number of esters is 1. The molecule has 1 saturated heterocycles. The van der Waals surface area contributed by atoms with Gasteiger partial charge in [0.15, 0.2) is 4.34 Å². The number of ether oxygens (including phenoxy) is 2. The van der Waals surface area contributed by atoms with Gasteiger partial charge in [0.25, 0.3) is 5.69 Å². The highest BCUT2D eigenvalue weighted by Crippen LogP contribution is 2.36. The van der Waals surface area contributed by atoms with Crippen LogP contribution < -0.4 is 0 Å². The molecular formula is C16H16N2O5S2. The van der Waals surface area contributed by atoms with Crippen LogP contribution in [0, 0.1) is 17.0 Å². The van der Waals surface area contributed by atoms with Crippen molar-refractivity contribution in [2.24, 2.45) is 0 Å². The maximum Gasteiger partial charge on any atom is 0.338 e. The minimum atomic E-state index is -0.583. The molecule has 2 aromatic rings. The molecule has 132 valence electrons. The molecular weight excluding hydrogens is 364 g/mol. The van der Waals surface area contributed by atoms with Crippen LogP contribution in [-0.4, -0.2) is 35.2 Å². The Labute approximate surface area is 152 Å². The lowest BCUT2D eigenvalue weighted by Crippen LogP contribution is -2.18. The third-order valence-corrected chi connectivity index (χ3v) is 5.73. The van der Waals surface area contributed by atoms with Crippen LogP contribution in [0.1, 0.15) is 28.9 Å². The van der Waals surface area contributed by atoms with Crippen molar-refractivity contribution in [1.82, 2.24) is 4.98 Å². The number of aromatic nitrogens is 1. The number of thiazole rings is 1. The van der Waals surface area contributed by atoms with Crippen LogP contribution in [0.25, 0.3) is 0 Å². The fourth-order valence-electron chi connectivity index (χ4n) is 2.37. The smallest absolute Gasteiger partial charge is 0.338 e. The van der Waals surface area contributed by atoms with E-state index in [1.165, 1.54) is 35.2 Å². The summed E-state index contributed by atoms with van der Waals surface area (Å²) in [7, 11) is 0. The van der Waals surface area contributed by atoms with Crippen LogP contribution in [-0.2, 0) is 9.47 Å². The Balaban J connectivity index is 1.73. The van der Waals surface area contributed by atoms with Crippen molar-refractivity contribution in [3.63, 3.8) is 0 Å². The maximum atomic E-state index is 12.1. The SMILES string of the molecule is Cc1csc(Sc2ccc(C(=O)OCC3CCCO3)cc2[N+](=O)[O-])n1. The molecule has 0 radical (unpaired) electrons. The van der Waals surface area contributed by atoms with Gasteiger partial charge in [0, 0.05) is 23.7 Å². The third-order valence-electron chi connectivity index (χ3n) is 3.61. The van der Waals surface area contributed by atoms with E-state index in [1.807, 2.05) is 12.3 Å². The van der Waals surface area contributed by atoms with Crippen LogP contribution in [0.4, 0.5) is 5.69 Å². The summed E-state index contributed by atoms with van der Waals surface area (Å²) in [5.74, 6) is -0.583. The minimum Gasteiger partial charge on any atom is -0.459 e. The second kappa shape index (κ2) is 7.94. The fraction of sp³-hybridized carbons (Fsp3) is 0.375. The number of nitro groups is 1. The van der Waals surface area contributed by atoms with Gasteiger partial charge in [0.05, 0.1) is 21.5 Å². The first-order valence-corrected chi connectivity index (χ1v) is 9.39. The molecule has 1 aromatic heterocycles. The molecule has 0 amide bonds. The van der Waals surface area contributed by atoms with Crippen molar-refractivity contribution >= 4 is 34.8 Å². The Bertz CT molecular complexity index is 787. The van der Waals surface area contributed by atoms with Crippen LogP contribution in [0.3, 0.4) is 0 Å². The molecule has 0 bridgehead atoms. The summed E-state index contributed by atoms with van der Waals surface area (Å²) < 4.78 is 11.3. The summed E-state index contributed by atoms with van der Waals surface area (Å²) in [5, 5.41) is 13.2. The van der Waals surface area contributed by atoms with E-state index in [0.29, 0.717) is 15.8 Å². The molecule has 25 heavy (non-hydrogen) atoms. The van der Waals surface area contributed by atoms with Gasteiger partial charge in [-0.05, 0) is 31.9 Å². The quantitative estimate of drug-likeness (QED) is 0.427. The lowest BCUT2D eigenvalue weighted by molar-refractivity contribution is -0.387. The number of nitro benzene ring substituents is 1. The highest BCUT2D eigenvalue weighted by Gasteiger charge is 2.22. The second-order valence-corrected chi connectivity index (χ2v) is 7.68. The average Bonchev–Trinajstić information content (AvgIpc) is 3.24. The van der Waals surface area contributed by atoms with Gasteiger partial charge in [-0.2, -0.15) is 0 Å². The zero-order chi connectivity index (χ0) is 17.8. The van der Waals surface area contributed by atoms with Crippen molar-refractivity contribution in [1.29, 1.82) is 0 Å². The molecule has 1 aliphatic heterocycles. The van der Waals surface area contributed by atoms with Gasteiger partial charge in [-0.25, -0.2) is 9.78 Å². The van der Waals surface area contributed by atoms with E-state index in [0.717, 1.165) is 18.5 Å². The molecule has 7 nitrogen and oxygen atoms in total. The molecule has 1 unspecified atom stereocenters. The lowest BCUT2D eigenvalue weighted by Gasteiger charge is -2.10. The molecule has 3 rings (SSSR count). The van der Waals surface area contributed by atoms with Crippen molar-refractivity contribution < 1.29 is 19.2 Å². The van der Waals surface area contributed by atoms with Crippen LogP contribution in [0.2, 0.25) is 0 Å². The molecule has 0 saturated carbocycles. The van der Waals surface area contributed by atoms with Crippen LogP contribution >= 0.6 is 23.1 Å². The van der Waals surface area contributed by atoms with E-state index in [4.69, 9.17) is 9.47 Å². The molecule has 1 aliphatic rings. The number of carbonyl (C=O) groups excluding carboxylic acids is 1. The Hall–Kier alpha value is -1.97. The largest absolute Gasteiger partial charge is 0.459 e. The standard InChI is InChI=1S/C16H16N2O5S2/c1-10-9-24-16(17-10)25-14-5-4-11(7-13(14)18(20)21)15(19)23-8-12-3-2-6-22-12/h4-5,7,9,12H,2-3,6,8H2,1H3. The van der Waals surface area contributed by atoms with Crippen LogP contribution in [0.15, 0.2) is 32.8 Å². The van der Waals surface area contributed by atoms with E-state index in [-0.39, 0.29) is 24.0 Å². The zero-order valence-electron chi connectivity index (χ0n) is 13.5. The first-order valence-electron chi connectivity index (χ1n) is 7.70. The van der Waals surface area contributed by atoms with Gasteiger partial charge in [0.1, 0.15) is 6.61 Å². The fourth-order valence-corrected chi connectivity index (χ4v) is 4.25. The number of rotatable bonds is 6. The van der Waals surface area contributed by atoms with Crippen molar-refractivity contribution in [2.75, 3.05) is 13.2 Å². The predicted molar refractivity (Wildman–Crippen MR) is 93.3 cm³/mol. The summed E-state index contributed by atoms with van der Waals surface area (Å²) in [4.78, 5) is 27.7. The summed E-state index contributed by atoms with van der Waals surface area (Å²) in [6, 6.07) is 4.34. The highest BCUT2D eigenvalue weighted by atomic mass is 32.2. The topological polar surface area (TPSA) is 91.6 Å². The number of hydrogen-bond acceptors (Lipinski definition) is 8. The molecule has 0 spiro atoms. The predicted octanol–water partition coefficient (Wildman–Crippen LogP) is 3.85. The number of carbonyl (C=O) groups is 1. The Morgan fingerprint density at radius 3 is 3.04 bits per heavy atom. The zero-order valence-corrected chi connectivity index (χ0v) is 15.1. The van der Waals surface area contributed by atoms with Gasteiger partial charge in [-0.3, -0.25) is 10.1 Å². The van der Waals surface area contributed by atoms with Gasteiger partial charge >= 0.3 is 5.97 Å². The second-order valence-electron chi connectivity index (χ2n) is 5.53. The molecule has 1 aromatic carbocycles. The number of nitrogens with zero attached hydrogens (tertiary/aromatic N) is 2. The van der Waals surface area contributed by atoms with Gasteiger partial charge < -0.3 is 9.47 Å². The van der Waals surface area contributed by atoms with E-state index in [2.05, 4.69) is 4.98 Å². The summed E-state index contributed by atoms with van der Waals surface area (Å²) in [6.45, 7) is 2.71. The summed E-state index contributed by atoms with van der Waals surface area (Å²) in [5.41, 5.74) is 0.887.